The van der Waals surface area contributed by atoms with Crippen molar-refractivity contribution < 1.29 is 27.9 Å². The minimum atomic E-state index is -1.12. The minimum absolute atomic E-state index is 0.00803. The molecule has 30 heavy (non-hydrogen) atoms. The molecule has 0 aliphatic rings. The fourth-order valence-electron chi connectivity index (χ4n) is 2.09. The topological polar surface area (TPSA) is 123 Å². The van der Waals surface area contributed by atoms with Gasteiger partial charge in [-0.2, -0.15) is 0 Å². The van der Waals surface area contributed by atoms with Crippen molar-refractivity contribution >= 4 is 34.8 Å². The van der Waals surface area contributed by atoms with Crippen LogP contribution in [-0.2, 0) is 14.3 Å². The molecule has 0 fully saturated rings. The van der Waals surface area contributed by atoms with Gasteiger partial charge < -0.3 is 15.4 Å². The summed E-state index contributed by atoms with van der Waals surface area (Å²) in [7, 11) is 0. The van der Waals surface area contributed by atoms with Crippen molar-refractivity contribution in [3.63, 3.8) is 0 Å². The van der Waals surface area contributed by atoms with Crippen LogP contribution in [0.15, 0.2) is 42.0 Å². The minimum Gasteiger partial charge on any atom is -0.451 e. The molecule has 2 aromatic heterocycles. The lowest BCUT2D eigenvalue weighted by atomic mass is 10.3. The number of carbonyl (C=O) groups is 3. The highest BCUT2D eigenvalue weighted by Gasteiger charge is 2.16. The molecular weight excluding hydrogens is 420 g/mol. The average molecular weight is 433 g/mol. The third-order valence-electron chi connectivity index (χ3n) is 3.45. The normalized spacial score (nSPS) is 10.3. The van der Waals surface area contributed by atoms with E-state index in [0.717, 1.165) is 23.5 Å². The molecule has 12 heteroatoms. The molecule has 0 spiro atoms. The molecule has 3 rings (SSSR count). The molecule has 1 aromatic carbocycles. The van der Waals surface area contributed by atoms with Crippen LogP contribution in [0.2, 0.25) is 0 Å². The third kappa shape index (κ3) is 5.61. The Hall–Kier alpha value is -3.80. The van der Waals surface area contributed by atoms with E-state index in [9.17, 15) is 23.2 Å². The van der Waals surface area contributed by atoms with Crippen molar-refractivity contribution in [1.29, 1.82) is 0 Å². The summed E-state index contributed by atoms with van der Waals surface area (Å²) in [6.45, 7) is -1.09. The van der Waals surface area contributed by atoms with Crippen LogP contribution in [-0.4, -0.2) is 45.9 Å². The number of thiazole rings is 1. The lowest BCUT2D eigenvalue weighted by Crippen LogP contribution is -2.35. The zero-order chi connectivity index (χ0) is 21.5. The smallest absolute Gasteiger partial charge is 0.358 e. The second-order valence-electron chi connectivity index (χ2n) is 5.64. The Bertz CT molecular complexity index is 1080. The van der Waals surface area contributed by atoms with Crippen LogP contribution in [0.25, 0.3) is 10.8 Å². The molecule has 3 aromatic rings. The molecule has 0 aliphatic carbocycles. The number of aromatic nitrogens is 3. The first-order valence-corrected chi connectivity index (χ1v) is 9.22. The van der Waals surface area contributed by atoms with Gasteiger partial charge in [-0.3, -0.25) is 9.59 Å². The van der Waals surface area contributed by atoms with E-state index in [0.29, 0.717) is 10.8 Å². The Morgan fingerprint density at radius 1 is 1.07 bits per heavy atom. The summed E-state index contributed by atoms with van der Waals surface area (Å²) < 4.78 is 30.8. The van der Waals surface area contributed by atoms with Gasteiger partial charge in [0.25, 0.3) is 5.91 Å². The van der Waals surface area contributed by atoms with E-state index in [1.807, 2.05) is 0 Å². The van der Waals surface area contributed by atoms with Crippen LogP contribution >= 0.6 is 11.3 Å². The molecule has 0 atom stereocenters. The number of hydrogen-bond donors (Lipinski definition) is 2. The molecule has 2 amide bonds. The maximum atomic E-state index is 13.1. The lowest BCUT2D eigenvalue weighted by molar-refractivity contribution is -0.126. The zero-order valence-corrected chi connectivity index (χ0v) is 15.9. The van der Waals surface area contributed by atoms with E-state index in [1.54, 1.807) is 6.07 Å². The number of ether oxygens (including phenoxy) is 1. The summed E-state index contributed by atoms with van der Waals surface area (Å²) in [5.41, 5.74) is 0.0210. The number of benzene rings is 1. The highest BCUT2D eigenvalue weighted by Crippen LogP contribution is 2.19. The molecule has 0 aliphatic heterocycles. The number of esters is 1. The third-order valence-corrected chi connectivity index (χ3v) is 4.29. The predicted molar refractivity (Wildman–Crippen MR) is 101 cm³/mol. The van der Waals surface area contributed by atoms with Crippen LogP contribution in [0.5, 0.6) is 0 Å². The van der Waals surface area contributed by atoms with Crippen molar-refractivity contribution in [1.82, 2.24) is 20.3 Å². The highest BCUT2D eigenvalue weighted by molar-refractivity contribution is 7.13. The quantitative estimate of drug-likeness (QED) is 0.545. The Balaban J connectivity index is 1.43. The maximum absolute atomic E-state index is 13.1. The molecule has 154 valence electrons. The molecule has 0 radical (unpaired) electrons. The first-order valence-electron chi connectivity index (χ1n) is 8.34. The summed E-state index contributed by atoms with van der Waals surface area (Å²) in [6.07, 6.45) is 3.07. The van der Waals surface area contributed by atoms with Crippen LogP contribution in [0.3, 0.4) is 0 Å². The largest absolute Gasteiger partial charge is 0.451 e. The van der Waals surface area contributed by atoms with Gasteiger partial charge in [-0.25, -0.2) is 28.5 Å². The van der Waals surface area contributed by atoms with E-state index in [4.69, 9.17) is 4.74 Å². The van der Waals surface area contributed by atoms with Crippen LogP contribution in [0.1, 0.15) is 10.5 Å². The molecule has 2 N–H and O–H groups in total. The molecule has 0 unspecified atom stereocenters. The molecule has 2 heterocycles. The summed E-state index contributed by atoms with van der Waals surface area (Å²) in [5.74, 6) is -4.04. The van der Waals surface area contributed by atoms with E-state index in [1.165, 1.54) is 23.8 Å². The Labute approximate surface area is 172 Å². The van der Waals surface area contributed by atoms with Crippen molar-refractivity contribution in [2.24, 2.45) is 0 Å². The standard InChI is InChI=1S/C18H13F2N5O4S/c19-11-3-2-10(6-12(11)20)24-14(26)7-23-15(27)8-29-18(28)13-9-30-17(25-13)16-21-4-1-5-22-16/h1-6,9H,7-8H2,(H,23,27)(H,24,26). The van der Waals surface area contributed by atoms with Gasteiger partial charge in [0.1, 0.15) is 0 Å². The number of halogens is 2. The Kier molecular flexibility index (Phi) is 6.70. The zero-order valence-electron chi connectivity index (χ0n) is 15.1. The summed E-state index contributed by atoms with van der Waals surface area (Å²) in [4.78, 5) is 47.6. The average Bonchev–Trinajstić information content (AvgIpc) is 3.24. The predicted octanol–water partition coefficient (Wildman–Crippen LogP) is 1.79. The van der Waals surface area contributed by atoms with Gasteiger partial charge >= 0.3 is 5.97 Å². The van der Waals surface area contributed by atoms with E-state index in [2.05, 4.69) is 25.6 Å². The molecule has 0 saturated carbocycles. The highest BCUT2D eigenvalue weighted by atomic mass is 32.1. The number of anilines is 1. The van der Waals surface area contributed by atoms with Crippen molar-refractivity contribution in [2.45, 2.75) is 0 Å². The number of amides is 2. The summed E-state index contributed by atoms with van der Waals surface area (Å²) >= 11 is 1.14. The second-order valence-corrected chi connectivity index (χ2v) is 6.50. The Morgan fingerprint density at radius 2 is 1.83 bits per heavy atom. The van der Waals surface area contributed by atoms with Gasteiger partial charge in [-0.15, -0.1) is 11.3 Å². The first-order chi connectivity index (χ1) is 14.4. The fourth-order valence-corrected chi connectivity index (χ4v) is 2.83. The van der Waals surface area contributed by atoms with Gasteiger partial charge in [-0.1, -0.05) is 0 Å². The van der Waals surface area contributed by atoms with Gasteiger partial charge in [0, 0.05) is 29.5 Å². The molecule has 9 nitrogen and oxygen atoms in total. The number of carbonyl (C=O) groups excluding carboxylic acids is 3. The van der Waals surface area contributed by atoms with Gasteiger partial charge in [0.2, 0.25) is 5.91 Å². The molecular formula is C18H13F2N5O4S. The molecule has 0 saturated heterocycles. The SMILES string of the molecule is O=C(COC(=O)c1csc(-c2ncccn2)n1)NCC(=O)Nc1ccc(F)c(F)c1. The monoisotopic (exact) mass is 433 g/mol. The van der Waals surface area contributed by atoms with Crippen LogP contribution in [0, 0.1) is 11.6 Å². The van der Waals surface area contributed by atoms with Crippen molar-refractivity contribution in [3.05, 3.63) is 59.4 Å². The second kappa shape index (κ2) is 9.60. The number of nitrogens with zero attached hydrogens (tertiary/aromatic N) is 3. The van der Waals surface area contributed by atoms with Crippen LogP contribution in [0.4, 0.5) is 14.5 Å². The Morgan fingerprint density at radius 3 is 2.57 bits per heavy atom. The number of hydrogen-bond acceptors (Lipinski definition) is 8. The molecule has 0 bridgehead atoms. The van der Waals surface area contributed by atoms with Gasteiger partial charge in [0.15, 0.2) is 34.8 Å². The van der Waals surface area contributed by atoms with E-state index in [-0.39, 0.29) is 11.4 Å². The number of rotatable bonds is 7. The lowest BCUT2D eigenvalue weighted by Gasteiger charge is -2.07. The van der Waals surface area contributed by atoms with Crippen molar-refractivity contribution in [3.8, 4) is 10.8 Å². The summed E-state index contributed by atoms with van der Waals surface area (Å²) in [6, 6.07) is 4.47. The van der Waals surface area contributed by atoms with E-state index < -0.39 is 42.6 Å². The van der Waals surface area contributed by atoms with Crippen molar-refractivity contribution in [2.75, 3.05) is 18.5 Å². The van der Waals surface area contributed by atoms with Crippen LogP contribution < -0.4 is 10.6 Å². The first kappa shape index (κ1) is 20.9. The number of nitrogens with one attached hydrogen (secondary N) is 2. The van der Waals surface area contributed by atoms with E-state index >= 15 is 0 Å². The van der Waals surface area contributed by atoms with Gasteiger partial charge in [-0.05, 0) is 18.2 Å². The summed E-state index contributed by atoms with van der Waals surface area (Å²) in [5, 5.41) is 6.38. The maximum Gasteiger partial charge on any atom is 0.358 e. The van der Waals surface area contributed by atoms with Gasteiger partial charge in [0.05, 0.1) is 6.54 Å². The fraction of sp³-hybridized carbons (Fsp3) is 0.111.